The highest BCUT2D eigenvalue weighted by Crippen LogP contribution is 2.19. The molecule has 1 heterocycles. The summed E-state index contributed by atoms with van der Waals surface area (Å²) in [5.74, 6) is -0.606. The number of anilines is 1. The molecule has 0 radical (unpaired) electrons. The van der Waals surface area contributed by atoms with Crippen LogP contribution in [0.25, 0.3) is 5.69 Å². The third-order valence-corrected chi connectivity index (χ3v) is 4.58. The molecule has 0 aliphatic carbocycles. The number of nitrogens with zero attached hydrogens (tertiary/aromatic N) is 3. The number of carbonyl (C=O) groups excluding carboxylic acids is 2. The van der Waals surface area contributed by atoms with Gasteiger partial charge in [-0.1, -0.05) is 29.8 Å². The minimum atomic E-state index is -0.364. The average Bonchev–Trinajstić information content (AvgIpc) is 3.29. The van der Waals surface area contributed by atoms with E-state index in [-0.39, 0.29) is 11.7 Å². The van der Waals surface area contributed by atoms with Gasteiger partial charge in [-0.3, -0.25) is 9.59 Å². The van der Waals surface area contributed by atoms with Crippen LogP contribution in [0.4, 0.5) is 5.69 Å². The fourth-order valence-electron chi connectivity index (χ4n) is 2.87. The molecule has 1 amide bonds. The molecule has 142 valence electrons. The maximum absolute atomic E-state index is 12.9. The normalized spacial score (nSPS) is 10.5. The zero-order valence-corrected chi connectivity index (χ0v) is 15.9. The summed E-state index contributed by atoms with van der Waals surface area (Å²) in [4.78, 5) is 29.6. The minimum absolute atomic E-state index is 0.242. The lowest BCUT2D eigenvalue weighted by Crippen LogP contribution is -2.17. The second-order valence-corrected chi connectivity index (χ2v) is 6.66. The molecule has 0 unspecified atom stereocenters. The zero-order chi connectivity index (χ0) is 20.2. The Kier molecular flexibility index (Phi) is 5.18. The van der Waals surface area contributed by atoms with E-state index in [1.807, 2.05) is 12.1 Å². The second-order valence-electron chi connectivity index (χ2n) is 6.22. The van der Waals surface area contributed by atoms with E-state index in [0.717, 1.165) is 5.69 Å². The van der Waals surface area contributed by atoms with Crippen molar-refractivity contribution < 1.29 is 9.59 Å². The number of hydrogen-bond acceptors (Lipinski definition) is 4. The molecule has 0 bridgehead atoms. The Hall–Kier alpha value is -3.77. The molecule has 6 nitrogen and oxygen atoms in total. The van der Waals surface area contributed by atoms with Gasteiger partial charge >= 0.3 is 0 Å². The number of aromatic nitrogens is 3. The molecule has 0 spiro atoms. The lowest BCUT2D eigenvalue weighted by molar-refractivity contribution is 0.0996. The smallest absolute Gasteiger partial charge is 0.256 e. The summed E-state index contributed by atoms with van der Waals surface area (Å²) in [5, 5.41) is 7.43. The largest absolute Gasteiger partial charge is 0.322 e. The number of benzene rings is 3. The van der Waals surface area contributed by atoms with Crippen molar-refractivity contribution in [2.24, 2.45) is 0 Å². The Bertz CT molecular complexity index is 1150. The van der Waals surface area contributed by atoms with Crippen LogP contribution in [0.5, 0.6) is 0 Å². The summed E-state index contributed by atoms with van der Waals surface area (Å²) in [5.41, 5.74) is 2.51. The zero-order valence-electron chi connectivity index (χ0n) is 15.1. The molecule has 0 aliphatic heterocycles. The topological polar surface area (TPSA) is 76.9 Å². The minimum Gasteiger partial charge on any atom is -0.322 e. The van der Waals surface area contributed by atoms with Crippen LogP contribution in [0.15, 0.2) is 85.5 Å². The van der Waals surface area contributed by atoms with Crippen LogP contribution >= 0.6 is 11.6 Å². The van der Waals surface area contributed by atoms with Gasteiger partial charge in [0.15, 0.2) is 5.78 Å². The quantitative estimate of drug-likeness (QED) is 0.502. The summed E-state index contributed by atoms with van der Waals surface area (Å²) in [7, 11) is 0. The van der Waals surface area contributed by atoms with E-state index in [0.29, 0.717) is 27.4 Å². The van der Waals surface area contributed by atoms with Crippen LogP contribution in [-0.4, -0.2) is 26.5 Å². The average molecular weight is 403 g/mol. The highest BCUT2D eigenvalue weighted by atomic mass is 35.5. The Labute approximate surface area is 171 Å². The van der Waals surface area contributed by atoms with E-state index < -0.39 is 0 Å². The Morgan fingerprint density at radius 3 is 2.21 bits per heavy atom. The van der Waals surface area contributed by atoms with E-state index in [9.17, 15) is 9.59 Å². The van der Waals surface area contributed by atoms with E-state index in [2.05, 4.69) is 15.4 Å². The van der Waals surface area contributed by atoms with Gasteiger partial charge in [-0.05, 0) is 54.6 Å². The van der Waals surface area contributed by atoms with Crippen LogP contribution < -0.4 is 5.32 Å². The van der Waals surface area contributed by atoms with Crippen LogP contribution in [0.2, 0.25) is 5.02 Å². The molecule has 0 saturated heterocycles. The molecule has 7 heteroatoms. The van der Waals surface area contributed by atoms with Crippen molar-refractivity contribution in [1.29, 1.82) is 0 Å². The molecular formula is C22H15ClN4O2. The van der Waals surface area contributed by atoms with Gasteiger partial charge in [-0.25, -0.2) is 9.67 Å². The second kappa shape index (κ2) is 8.08. The van der Waals surface area contributed by atoms with Gasteiger partial charge in [0.05, 0.1) is 11.3 Å². The van der Waals surface area contributed by atoms with E-state index in [4.69, 9.17) is 11.6 Å². The number of nitrogens with one attached hydrogen (secondary N) is 1. The van der Waals surface area contributed by atoms with Gasteiger partial charge in [0.2, 0.25) is 0 Å². The maximum atomic E-state index is 12.9. The molecule has 3 aromatic carbocycles. The summed E-state index contributed by atoms with van der Waals surface area (Å²) in [6, 6.07) is 20.4. The molecule has 0 fully saturated rings. The molecule has 4 aromatic rings. The van der Waals surface area contributed by atoms with Crippen molar-refractivity contribution in [3.05, 3.63) is 107 Å². The fraction of sp³-hybridized carbons (Fsp3) is 0. The molecule has 0 atom stereocenters. The predicted molar refractivity (Wildman–Crippen MR) is 111 cm³/mol. The van der Waals surface area contributed by atoms with Gasteiger partial charge in [0, 0.05) is 21.8 Å². The lowest BCUT2D eigenvalue weighted by Gasteiger charge is -2.10. The van der Waals surface area contributed by atoms with Crippen LogP contribution in [0, 0.1) is 0 Å². The molecule has 29 heavy (non-hydrogen) atoms. The van der Waals surface area contributed by atoms with Crippen molar-refractivity contribution in [1.82, 2.24) is 14.8 Å². The van der Waals surface area contributed by atoms with Gasteiger partial charge < -0.3 is 5.32 Å². The van der Waals surface area contributed by atoms with Crippen LogP contribution in [0.1, 0.15) is 26.3 Å². The first-order valence-corrected chi connectivity index (χ1v) is 9.15. The number of ketones is 1. The summed E-state index contributed by atoms with van der Waals surface area (Å²) in [6.07, 6.45) is 3.04. The first-order chi connectivity index (χ1) is 14.1. The molecule has 4 rings (SSSR count). The van der Waals surface area contributed by atoms with Gasteiger partial charge in [-0.2, -0.15) is 5.10 Å². The van der Waals surface area contributed by atoms with Gasteiger partial charge in [0.1, 0.15) is 12.7 Å². The first kappa shape index (κ1) is 18.6. The highest BCUT2D eigenvalue weighted by molar-refractivity contribution is 6.30. The van der Waals surface area contributed by atoms with Crippen LogP contribution in [0.3, 0.4) is 0 Å². The molecule has 0 saturated carbocycles. The van der Waals surface area contributed by atoms with Crippen molar-refractivity contribution >= 4 is 29.0 Å². The Balaban J connectivity index is 1.56. The third kappa shape index (κ3) is 4.07. The number of amides is 1. The summed E-state index contributed by atoms with van der Waals surface area (Å²) >= 11 is 5.89. The number of halogens is 1. The monoisotopic (exact) mass is 402 g/mol. The Morgan fingerprint density at radius 1 is 0.862 bits per heavy atom. The number of hydrogen-bond donors (Lipinski definition) is 1. The van der Waals surface area contributed by atoms with E-state index in [1.54, 1.807) is 71.7 Å². The maximum Gasteiger partial charge on any atom is 0.256 e. The molecule has 1 N–H and O–H groups in total. The van der Waals surface area contributed by atoms with Crippen molar-refractivity contribution in [3.63, 3.8) is 0 Å². The summed E-state index contributed by atoms with van der Waals surface area (Å²) < 4.78 is 1.62. The SMILES string of the molecule is O=C(Nc1ccc(-n2cncn2)cc1)c1ccccc1C(=O)c1ccc(Cl)cc1. The third-order valence-electron chi connectivity index (χ3n) is 4.33. The van der Waals surface area contributed by atoms with E-state index >= 15 is 0 Å². The predicted octanol–water partition coefficient (Wildman–Crippen LogP) is 4.40. The van der Waals surface area contributed by atoms with Gasteiger partial charge in [-0.15, -0.1) is 0 Å². The number of carbonyl (C=O) groups is 2. The van der Waals surface area contributed by atoms with Crippen molar-refractivity contribution in [2.45, 2.75) is 0 Å². The Morgan fingerprint density at radius 2 is 1.55 bits per heavy atom. The van der Waals surface area contributed by atoms with Crippen molar-refractivity contribution in [2.75, 3.05) is 5.32 Å². The van der Waals surface area contributed by atoms with E-state index in [1.165, 1.54) is 6.33 Å². The standard InChI is InChI=1S/C22H15ClN4O2/c23-16-7-5-15(6-8-16)21(28)19-3-1-2-4-20(19)22(29)26-17-9-11-18(12-10-17)27-14-24-13-25-27/h1-14H,(H,26,29). The van der Waals surface area contributed by atoms with Crippen molar-refractivity contribution in [3.8, 4) is 5.69 Å². The fourth-order valence-corrected chi connectivity index (χ4v) is 3.00. The highest BCUT2D eigenvalue weighted by Gasteiger charge is 2.18. The molecule has 0 aliphatic rings. The first-order valence-electron chi connectivity index (χ1n) is 8.77. The van der Waals surface area contributed by atoms with Crippen LogP contribution in [-0.2, 0) is 0 Å². The summed E-state index contributed by atoms with van der Waals surface area (Å²) in [6.45, 7) is 0. The molecular weight excluding hydrogens is 388 g/mol. The number of rotatable bonds is 5. The van der Waals surface area contributed by atoms with Gasteiger partial charge in [0.25, 0.3) is 5.91 Å². The molecule has 1 aromatic heterocycles. The lowest BCUT2D eigenvalue weighted by atomic mass is 9.98.